The Morgan fingerprint density at radius 1 is 1.08 bits per heavy atom. The molecular weight excluding hydrogens is 325 g/mol. The van der Waals surface area contributed by atoms with Crippen LogP contribution in [0.3, 0.4) is 0 Å². The minimum Gasteiger partial charge on any atom is -0.465 e. The molecule has 0 aliphatic carbocycles. The zero-order chi connectivity index (χ0) is 18.0. The fourth-order valence-electron chi connectivity index (χ4n) is 3.91. The van der Waals surface area contributed by atoms with Crippen molar-refractivity contribution in [3.8, 4) is 0 Å². The number of halogens is 1. The van der Waals surface area contributed by atoms with Crippen molar-refractivity contribution in [1.29, 1.82) is 0 Å². The van der Waals surface area contributed by atoms with E-state index in [1.165, 1.54) is 17.0 Å². The monoisotopic (exact) mass is 349 g/mol. The summed E-state index contributed by atoms with van der Waals surface area (Å²) in [5, 5.41) is 9.51. The normalized spacial score (nSPS) is 25.0. The largest absolute Gasteiger partial charge is 0.465 e. The number of piperidine rings is 1. The van der Waals surface area contributed by atoms with Crippen LogP contribution >= 0.6 is 0 Å². The first-order valence-electron chi connectivity index (χ1n) is 8.70. The highest BCUT2D eigenvalue weighted by Gasteiger charge is 2.36. The number of nitrogens with zero attached hydrogens (tertiary/aromatic N) is 3. The van der Waals surface area contributed by atoms with E-state index in [4.69, 9.17) is 0 Å². The van der Waals surface area contributed by atoms with E-state index < -0.39 is 6.09 Å². The van der Waals surface area contributed by atoms with Gasteiger partial charge in [-0.1, -0.05) is 12.1 Å². The van der Waals surface area contributed by atoms with Crippen LogP contribution in [-0.2, 0) is 4.79 Å². The third kappa shape index (κ3) is 3.92. The number of hydrogen-bond donors (Lipinski definition) is 1. The summed E-state index contributed by atoms with van der Waals surface area (Å²) in [7, 11) is 0. The van der Waals surface area contributed by atoms with E-state index in [0.29, 0.717) is 13.0 Å². The summed E-state index contributed by atoms with van der Waals surface area (Å²) in [4.78, 5) is 28.7. The van der Waals surface area contributed by atoms with E-state index in [0.717, 1.165) is 38.2 Å². The highest BCUT2D eigenvalue weighted by molar-refractivity contribution is 5.73. The topological polar surface area (TPSA) is 64.1 Å². The van der Waals surface area contributed by atoms with Crippen LogP contribution in [0, 0.1) is 5.82 Å². The SMILES string of the molecule is CC(=O)N1CCN([C@H]2CCN(C(=O)O)[C@@H](c3ccc(F)cc3)C2)CC1. The maximum atomic E-state index is 13.2. The van der Waals surface area contributed by atoms with Crippen LogP contribution in [-0.4, -0.2) is 70.6 Å². The molecule has 25 heavy (non-hydrogen) atoms. The molecule has 2 aliphatic rings. The number of hydrogen-bond acceptors (Lipinski definition) is 3. The molecule has 2 heterocycles. The molecular formula is C18H24FN3O3. The van der Waals surface area contributed by atoms with Crippen molar-refractivity contribution in [2.75, 3.05) is 32.7 Å². The molecule has 1 aromatic rings. The van der Waals surface area contributed by atoms with Gasteiger partial charge in [-0.25, -0.2) is 9.18 Å². The number of carboxylic acid groups (broad SMARTS) is 1. The number of likely N-dealkylation sites (tertiary alicyclic amines) is 1. The lowest BCUT2D eigenvalue weighted by Gasteiger charge is -2.45. The van der Waals surface area contributed by atoms with Crippen LogP contribution in [0.15, 0.2) is 24.3 Å². The Kier molecular flexibility index (Phi) is 5.22. The van der Waals surface area contributed by atoms with Gasteiger partial charge in [0.25, 0.3) is 0 Å². The zero-order valence-electron chi connectivity index (χ0n) is 14.4. The molecule has 2 aliphatic heterocycles. The summed E-state index contributed by atoms with van der Waals surface area (Å²) in [6, 6.07) is 6.12. The van der Waals surface area contributed by atoms with Gasteiger partial charge in [-0.15, -0.1) is 0 Å². The summed E-state index contributed by atoms with van der Waals surface area (Å²) in [5.74, 6) is -0.220. The van der Waals surface area contributed by atoms with Gasteiger partial charge in [0, 0.05) is 45.7 Å². The fourth-order valence-corrected chi connectivity index (χ4v) is 3.91. The van der Waals surface area contributed by atoms with Gasteiger partial charge in [-0.05, 0) is 30.5 Å². The minimum absolute atomic E-state index is 0.101. The van der Waals surface area contributed by atoms with E-state index in [1.54, 1.807) is 19.1 Å². The van der Waals surface area contributed by atoms with Gasteiger partial charge in [0.2, 0.25) is 5.91 Å². The van der Waals surface area contributed by atoms with E-state index in [1.807, 2.05) is 4.90 Å². The van der Waals surface area contributed by atoms with Crippen LogP contribution in [0.5, 0.6) is 0 Å². The molecule has 2 fully saturated rings. The molecule has 0 radical (unpaired) electrons. The summed E-state index contributed by atoms with van der Waals surface area (Å²) in [6.45, 7) is 5.12. The van der Waals surface area contributed by atoms with Crippen LogP contribution in [0.4, 0.5) is 9.18 Å². The van der Waals surface area contributed by atoms with E-state index in [-0.39, 0.29) is 23.8 Å². The van der Waals surface area contributed by atoms with Crippen molar-refractivity contribution in [1.82, 2.24) is 14.7 Å². The number of amides is 2. The summed E-state index contributed by atoms with van der Waals surface area (Å²) in [5.41, 5.74) is 0.830. The lowest BCUT2D eigenvalue weighted by Crippen LogP contribution is -2.54. The zero-order valence-corrected chi connectivity index (χ0v) is 14.4. The quantitative estimate of drug-likeness (QED) is 0.889. The first-order chi connectivity index (χ1) is 12.0. The molecule has 0 aromatic heterocycles. The van der Waals surface area contributed by atoms with E-state index >= 15 is 0 Å². The highest BCUT2D eigenvalue weighted by Crippen LogP contribution is 2.33. The van der Waals surface area contributed by atoms with Gasteiger partial charge in [0.05, 0.1) is 6.04 Å². The maximum Gasteiger partial charge on any atom is 0.407 e. The van der Waals surface area contributed by atoms with Crippen molar-refractivity contribution >= 4 is 12.0 Å². The maximum absolute atomic E-state index is 13.2. The predicted molar refractivity (Wildman–Crippen MR) is 90.7 cm³/mol. The molecule has 0 spiro atoms. The molecule has 0 unspecified atom stereocenters. The van der Waals surface area contributed by atoms with Crippen molar-refractivity contribution in [2.45, 2.75) is 31.8 Å². The summed E-state index contributed by atoms with van der Waals surface area (Å²) >= 11 is 0. The molecule has 0 saturated carbocycles. The molecule has 136 valence electrons. The van der Waals surface area contributed by atoms with Crippen LogP contribution in [0.1, 0.15) is 31.4 Å². The van der Waals surface area contributed by atoms with Gasteiger partial charge >= 0.3 is 6.09 Å². The lowest BCUT2D eigenvalue weighted by atomic mass is 9.90. The second kappa shape index (κ2) is 7.39. The Bertz CT molecular complexity index is 629. The fraction of sp³-hybridized carbons (Fsp3) is 0.556. The molecule has 6 nitrogen and oxygen atoms in total. The lowest BCUT2D eigenvalue weighted by molar-refractivity contribution is -0.131. The van der Waals surface area contributed by atoms with E-state index in [9.17, 15) is 19.1 Å². The predicted octanol–water partition coefficient (Wildman–Crippen LogP) is 2.17. The minimum atomic E-state index is -0.936. The third-order valence-corrected chi connectivity index (χ3v) is 5.35. The number of rotatable bonds is 2. The van der Waals surface area contributed by atoms with Crippen molar-refractivity contribution in [2.24, 2.45) is 0 Å². The van der Waals surface area contributed by atoms with Gasteiger partial charge in [-0.3, -0.25) is 9.69 Å². The Labute approximate surface area is 146 Å². The van der Waals surface area contributed by atoms with Crippen molar-refractivity contribution in [3.05, 3.63) is 35.6 Å². The number of carbonyl (C=O) groups is 2. The average molecular weight is 349 g/mol. The molecule has 2 amide bonds. The standard InChI is InChI=1S/C18H24FN3O3/c1-13(23)20-8-10-21(11-9-20)16-6-7-22(18(24)25)17(12-16)14-2-4-15(19)5-3-14/h2-5,16-17H,6-12H2,1H3,(H,24,25)/t16-,17+/m0/s1. The Morgan fingerprint density at radius 2 is 1.72 bits per heavy atom. The average Bonchev–Trinajstić information content (AvgIpc) is 2.62. The van der Waals surface area contributed by atoms with Crippen LogP contribution < -0.4 is 0 Å². The summed E-state index contributed by atoms with van der Waals surface area (Å²) < 4.78 is 13.2. The molecule has 3 rings (SSSR count). The van der Waals surface area contributed by atoms with Crippen LogP contribution in [0.2, 0.25) is 0 Å². The second-order valence-electron chi connectivity index (χ2n) is 6.76. The first-order valence-corrected chi connectivity index (χ1v) is 8.70. The second-order valence-corrected chi connectivity index (χ2v) is 6.76. The van der Waals surface area contributed by atoms with E-state index in [2.05, 4.69) is 4.90 Å². The van der Waals surface area contributed by atoms with Gasteiger partial charge in [-0.2, -0.15) is 0 Å². The molecule has 1 N–H and O–H groups in total. The number of piperazine rings is 1. The smallest absolute Gasteiger partial charge is 0.407 e. The number of carbonyl (C=O) groups excluding carboxylic acids is 1. The van der Waals surface area contributed by atoms with Gasteiger partial charge < -0.3 is 14.9 Å². The molecule has 1 aromatic carbocycles. The number of benzene rings is 1. The van der Waals surface area contributed by atoms with Gasteiger partial charge in [0.1, 0.15) is 5.82 Å². The first kappa shape index (κ1) is 17.7. The van der Waals surface area contributed by atoms with Crippen molar-refractivity contribution in [3.63, 3.8) is 0 Å². The molecule has 2 atom stereocenters. The molecule has 7 heteroatoms. The Balaban J connectivity index is 1.71. The highest BCUT2D eigenvalue weighted by atomic mass is 19.1. The summed E-state index contributed by atoms with van der Waals surface area (Å²) in [6.07, 6.45) is 0.538. The van der Waals surface area contributed by atoms with Crippen molar-refractivity contribution < 1.29 is 19.1 Å². The third-order valence-electron chi connectivity index (χ3n) is 5.35. The Morgan fingerprint density at radius 3 is 2.28 bits per heavy atom. The van der Waals surface area contributed by atoms with Gasteiger partial charge in [0.15, 0.2) is 0 Å². The van der Waals surface area contributed by atoms with Crippen LogP contribution in [0.25, 0.3) is 0 Å². The molecule has 2 saturated heterocycles. The molecule has 0 bridgehead atoms. The Hall–Kier alpha value is -2.15.